The number of halogens is 4. The van der Waals surface area contributed by atoms with E-state index in [1.807, 2.05) is 0 Å². The van der Waals surface area contributed by atoms with E-state index in [-0.39, 0.29) is 5.75 Å². The molecule has 0 aliphatic heterocycles. The van der Waals surface area contributed by atoms with Crippen molar-refractivity contribution < 1.29 is 13.5 Å². The quantitative estimate of drug-likeness (QED) is 0.785. The molecule has 1 nitrogen and oxygen atoms in total. The Kier molecular flexibility index (Phi) is 3.29. The van der Waals surface area contributed by atoms with Gasteiger partial charge in [-0.05, 0) is 34.1 Å². The predicted molar refractivity (Wildman–Crippen MR) is 45.8 cm³/mol. The summed E-state index contributed by atoms with van der Waals surface area (Å²) in [5.41, 5.74) is 0. The first kappa shape index (κ1) is 9.74. The maximum absolute atomic E-state index is 11.7. The second-order valence-corrected chi connectivity index (χ2v) is 3.22. The number of alkyl halides is 2. The van der Waals surface area contributed by atoms with Crippen LogP contribution in [0, 0.1) is 0 Å². The lowest BCUT2D eigenvalue weighted by Crippen LogP contribution is -2.01. The lowest BCUT2D eigenvalue weighted by Gasteiger charge is -2.04. The second-order valence-electron chi connectivity index (χ2n) is 1.95. The van der Waals surface area contributed by atoms with Gasteiger partial charge in [0.15, 0.2) is 0 Å². The third kappa shape index (κ3) is 2.60. The first-order chi connectivity index (χ1) is 5.59. The molecule has 0 atom stereocenters. The SMILES string of the molecule is FC(F)Oc1ccc(Cl)c(Br)c1. The predicted octanol–water partition coefficient (Wildman–Crippen LogP) is 3.70. The van der Waals surface area contributed by atoms with Gasteiger partial charge in [0.25, 0.3) is 0 Å². The molecule has 0 aliphatic rings. The molecule has 1 aromatic rings. The Balaban J connectivity index is 2.82. The smallest absolute Gasteiger partial charge is 0.387 e. The zero-order valence-electron chi connectivity index (χ0n) is 5.73. The molecule has 0 heterocycles. The lowest BCUT2D eigenvalue weighted by molar-refractivity contribution is -0.0498. The number of ether oxygens (including phenoxy) is 1. The van der Waals surface area contributed by atoms with Crippen molar-refractivity contribution in [2.75, 3.05) is 0 Å². The van der Waals surface area contributed by atoms with Crippen LogP contribution < -0.4 is 4.74 Å². The number of benzene rings is 1. The fraction of sp³-hybridized carbons (Fsp3) is 0.143. The third-order valence-corrected chi connectivity index (χ3v) is 2.33. The van der Waals surface area contributed by atoms with Gasteiger partial charge in [0, 0.05) is 4.47 Å². The Labute approximate surface area is 81.4 Å². The highest BCUT2D eigenvalue weighted by atomic mass is 79.9. The van der Waals surface area contributed by atoms with Gasteiger partial charge in [-0.25, -0.2) is 0 Å². The van der Waals surface area contributed by atoms with Crippen LogP contribution in [-0.2, 0) is 0 Å². The first-order valence-corrected chi connectivity index (χ1v) is 4.16. The Hall–Kier alpha value is -0.350. The minimum absolute atomic E-state index is 0.0845. The van der Waals surface area contributed by atoms with Gasteiger partial charge in [-0.1, -0.05) is 11.6 Å². The highest BCUT2D eigenvalue weighted by molar-refractivity contribution is 9.10. The first-order valence-electron chi connectivity index (χ1n) is 2.99. The third-order valence-electron chi connectivity index (χ3n) is 1.12. The fourth-order valence-corrected chi connectivity index (χ4v) is 1.13. The molecule has 12 heavy (non-hydrogen) atoms. The largest absolute Gasteiger partial charge is 0.435 e. The minimum Gasteiger partial charge on any atom is -0.435 e. The molecule has 0 unspecified atom stereocenters. The van der Waals surface area contributed by atoms with E-state index in [2.05, 4.69) is 20.7 Å². The van der Waals surface area contributed by atoms with Gasteiger partial charge in [0.1, 0.15) is 5.75 Å². The van der Waals surface area contributed by atoms with E-state index in [0.29, 0.717) is 9.50 Å². The molecule has 0 fully saturated rings. The van der Waals surface area contributed by atoms with Gasteiger partial charge in [0.05, 0.1) is 5.02 Å². The van der Waals surface area contributed by atoms with Crippen molar-refractivity contribution >= 4 is 27.5 Å². The molecular formula is C7H4BrClF2O. The van der Waals surface area contributed by atoms with Crippen LogP contribution in [0.5, 0.6) is 5.75 Å². The molecule has 0 amide bonds. The molecule has 0 saturated heterocycles. The van der Waals surface area contributed by atoms with Crippen molar-refractivity contribution in [3.63, 3.8) is 0 Å². The Morgan fingerprint density at radius 2 is 2.08 bits per heavy atom. The van der Waals surface area contributed by atoms with Gasteiger partial charge >= 0.3 is 6.61 Å². The molecule has 1 rings (SSSR count). The average Bonchev–Trinajstić information content (AvgIpc) is 1.96. The van der Waals surface area contributed by atoms with Gasteiger partial charge in [-0.15, -0.1) is 0 Å². The van der Waals surface area contributed by atoms with Crippen molar-refractivity contribution in [2.24, 2.45) is 0 Å². The summed E-state index contributed by atoms with van der Waals surface area (Å²) in [6.45, 7) is -2.81. The Morgan fingerprint density at radius 3 is 2.58 bits per heavy atom. The molecule has 0 saturated carbocycles. The number of hydrogen-bond donors (Lipinski definition) is 0. The molecule has 0 N–H and O–H groups in total. The fourth-order valence-electron chi connectivity index (χ4n) is 0.653. The zero-order valence-corrected chi connectivity index (χ0v) is 8.07. The van der Waals surface area contributed by atoms with Gasteiger partial charge in [-0.3, -0.25) is 0 Å². The van der Waals surface area contributed by atoms with E-state index in [1.165, 1.54) is 18.2 Å². The van der Waals surface area contributed by atoms with Crippen LogP contribution in [0.15, 0.2) is 22.7 Å². The molecule has 0 spiro atoms. The number of rotatable bonds is 2. The van der Waals surface area contributed by atoms with Crippen LogP contribution >= 0.6 is 27.5 Å². The van der Waals surface area contributed by atoms with E-state index in [0.717, 1.165) is 0 Å². The highest BCUT2D eigenvalue weighted by Crippen LogP contribution is 2.27. The summed E-state index contributed by atoms with van der Waals surface area (Å²) in [7, 11) is 0. The summed E-state index contributed by atoms with van der Waals surface area (Å²) in [5.74, 6) is 0.0845. The summed E-state index contributed by atoms with van der Waals surface area (Å²) in [5, 5.41) is 0.455. The van der Waals surface area contributed by atoms with E-state index in [1.54, 1.807) is 0 Å². The zero-order chi connectivity index (χ0) is 9.14. The standard InChI is InChI=1S/C7H4BrClF2O/c8-5-3-4(12-7(10)11)1-2-6(5)9/h1-3,7H. The molecule has 5 heteroatoms. The Bertz CT molecular complexity index is 280. The summed E-state index contributed by atoms with van der Waals surface area (Å²) < 4.78 is 28.0. The van der Waals surface area contributed by atoms with Crippen molar-refractivity contribution in [1.82, 2.24) is 0 Å². The Morgan fingerprint density at radius 1 is 1.42 bits per heavy atom. The van der Waals surface area contributed by atoms with Crippen LogP contribution in [0.3, 0.4) is 0 Å². The van der Waals surface area contributed by atoms with Crippen molar-refractivity contribution in [2.45, 2.75) is 6.61 Å². The summed E-state index contributed by atoms with van der Waals surface area (Å²) in [6, 6.07) is 4.23. The molecular weight excluding hydrogens is 253 g/mol. The van der Waals surface area contributed by atoms with Crippen LogP contribution in [0.1, 0.15) is 0 Å². The minimum atomic E-state index is -2.81. The van der Waals surface area contributed by atoms with Crippen molar-refractivity contribution in [3.8, 4) is 5.75 Å². The summed E-state index contributed by atoms with van der Waals surface area (Å²) >= 11 is 8.71. The van der Waals surface area contributed by atoms with E-state index >= 15 is 0 Å². The average molecular weight is 257 g/mol. The van der Waals surface area contributed by atoms with Crippen LogP contribution in [0.25, 0.3) is 0 Å². The van der Waals surface area contributed by atoms with Gasteiger partial charge < -0.3 is 4.74 Å². The van der Waals surface area contributed by atoms with Crippen LogP contribution in [-0.4, -0.2) is 6.61 Å². The maximum Gasteiger partial charge on any atom is 0.387 e. The second kappa shape index (κ2) is 4.05. The lowest BCUT2D eigenvalue weighted by atomic mass is 10.3. The normalized spacial score (nSPS) is 10.4. The highest BCUT2D eigenvalue weighted by Gasteiger charge is 2.05. The van der Waals surface area contributed by atoms with Crippen molar-refractivity contribution in [1.29, 1.82) is 0 Å². The molecule has 0 aliphatic carbocycles. The molecule has 0 radical (unpaired) electrons. The topological polar surface area (TPSA) is 9.23 Å². The van der Waals surface area contributed by atoms with Crippen LogP contribution in [0.4, 0.5) is 8.78 Å². The van der Waals surface area contributed by atoms with E-state index in [4.69, 9.17) is 11.6 Å². The summed E-state index contributed by atoms with van der Waals surface area (Å²) in [6.07, 6.45) is 0. The van der Waals surface area contributed by atoms with Crippen LogP contribution in [0.2, 0.25) is 5.02 Å². The van der Waals surface area contributed by atoms with Gasteiger partial charge in [0.2, 0.25) is 0 Å². The van der Waals surface area contributed by atoms with E-state index < -0.39 is 6.61 Å². The molecule has 0 aromatic heterocycles. The maximum atomic E-state index is 11.7. The summed E-state index contributed by atoms with van der Waals surface area (Å²) in [4.78, 5) is 0. The van der Waals surface area contributed by atoms with E-state index in [9.17, 15) is 8.78 Å². The van der Waals surface area contributed by atoms with Crippen molar-refractivity contribution in [3.05, 3.63) is 27.7 Å². The van der Waals surface area contributed by atoms with Gasteiger partial charge in [-0.2, -0.15) is 8.78 Å². The monoisotopic (exact) mass is 256 g/mol. The molecule has 66 valence electrons. The molecule has 1 aromatic carbocycles. The number of hydrogen-bond acceptors (Lipinski definition) is 1. The molecule has 0 bridgehead atoms.